The number of carbonyl (C=O) groups excluding carboxylic acids is 1. The van der Waals surface area contributed by atoms with Crippen molar-refractivity contribution in [2.24, 2.45) is 0 Å². The van der Waals surface area contributed by atoms with Gasteiger partial charge in [-0.25, -0.2) is 8.42 Å². The Labute approximate surface area is 105 Å². The van der Waals surface area contributed by atoms with Crippen LogP contribution in [0, 0.1) is 6.92 Å². The first-order valence-electron chi connectivity index (χ1n) is 5.51. The largest absolute Gasteiger partial charge is 0.298 e. The number of rotatable bonds is 3. The fourth-order valence-corrected chi connectivity index (χ4v) is 5.22. The maximum absolute atomic E-state index is 12.3. The molecule has 1 aromatic rings. The van der Waals surface area contributed by atoms with E-state index in [4.69, 9.17) is 0 Å². The molecule has 2 rings (SSSR count). The average Bonchev–Trinajstić information content (AvgIpc) is 2.84. The van der Waals surface area contributed by atoms with Crippen molar-refractivity contribution in [3.05, 3.63) is 17.0 Å². The molecule has 0 spiro atoms. The van der Waals surface area contributed by atoms with Gasteiger partial charge in [-0.15, -0.1) is 11.3 Å². The molecule has 1 fully saturated rings. The Kier molecular flexibility index (Phi) is 3.38. The molecule has 4 nitrogen and oxygen atoms in total. The van der Waals surface area contributed by atoms with Gasteiger partial charge in [0.25, 0.3) is 10.0 Å². The maximum Gasteiger partial charge on any atom is 0.253 e. The van der Waals surface area contributed by atoms with Crippen LogP contribution in [0.2, 0.25) is 0 Å². The molecule has 0 bridgehead atoms. The van der Waals surface area contributed by atoms with Gasteiger partial charge in [0.15, 0.2) is 0 Å². The second-order valence-electron chi connectivity index (χ2n) is 4.25. The minimum absolute atomic E-state index is 0.0700. The van der Waals surface area contributed by atoms with Gasteiger partial charge in [0, 0.05) is 11.4 Å². The molecule has 94 valence electrons. The first-order chi connectivity index (χ1) is 7.93. The molecule has 2 heterocycles. The summed E-state index contributed by atoms with van der Waals surface area (Å²) < 4.78 is 26.4. The molecule has 0 aromatic carbocycles. The number of Topliss-reactive ketones (excluding diaryl/α,β-unsaturated/α-hetero) is 1. The van der Waals surface area contributed by atoms with Crippen LogP contribution in [-0.4, -0.2) is 31.1 Å². The number of sulfonamides is 1. The van der Waals surface area contributed by atoms with Crippen LogP contribution in [0.5, 0.6) is 0 Å². The lowest BCUT2D eigenvalue weighted by atomic mass is 10.2. The summed E-state index contributed by atoms with van der Waals surface area (Å²) >= 11 is 1.25. The molecular weight excluding hydrogens is 258 g/mol. The summed E-state index contributed by atoms with van der Waals surface area (Å²) in [5.41, 5.74) is 0. The summed E-state index contributed by atoms with van der Waals surface area (Å²) in [6.07, 6.45) is 1.40. The smallest absolute Gasteiger partial charge is 0.253 e. The molecule has 1 aliphatic rings. The first kappa shape index (κ1) is 12.7. The topological polar surface area (TPSA) is 54.5 Å². The van der Waals surface area contributed by atoms with E-state index < -0.39 is 16.1 Å². The lowest BCUT2D eigenvalue weighted by Gasteiger charge is -2.20. The standard InChI is InChI=1S/C11H15NO3S2/c1-8-5-6-11(16-8)17(14,15)12-7-3-4-10(12)9(2)13/h5-6,10H,3-4,7H2,1-2H3. The molecule has 1 atom stereocenters. The first-order valence-corrected chi connectivity index (χ1v) is 7.77. The molecule has 1 aliphatic heterocycles. The Bertz CT molecular complexity index is 533. The fourth-order valence-electron chi connectivity index (χ4n) is 2.10. The number of hydrogen-bond acceptors (Lipinski definition) is 4. The van der Waals surface area contributed by atoms with E-state index in [9.17, 15) is 13.2 Å². The van der Waals surface area contributed by atoms with Crippen LogP contribution in [0.15, 0.2) is 16.3 Å². The van der Waals surface area contributed by atoms with Crippen molar-refractivity contribution < 1.29 is 13.2 Å². The molecule has 0 aliphatic carbocycles. The number of aryl methyl sites for hydroxylation is 1. The van der Waals surface area contributed by atoms with Crippen LogP contribution in [-0.2, 0) is 14.8 Å². The summed E-state index contributed by atoms with van der Waals surface area (Å²) in [5.74, 6) is -0.0700. The molecule has 1 aromatic heterocycles. The highest BCUT2D eigenvalue weighted by molar-refractivity contribution is 7.91. The number of ketones is 1. The van der Waals surface area contributed by atoms with Crippen molar-refractivity contribution in [2.45, 2.75) is 36.9 Å². The highest BCUT2D eigenvalue weighted by Crippen LogP contribution is 2.30. The second kappa shape index (κ2) is 4.51. The molecule has 0 radical (unpaired) electrons. The minimum Gasteiger partial charge on any atom is -0.298 e. The van der Waals surface area contributed by atoms with Gasteiger partial charge in [0.05, 0.1) is 6.04 Å². The second-order valence-corrected chi connectivity index (χ2v) is 7.65. The monoisotopic (exact) mass is 273 g/mol. The molecular formula is C11H15NO3S2. The lowest BCUT2D eigenvalue weighted by Crippen LogP contribution is -2.39. The van der Waals surface area contributed by atoms with E-state index in [1.807, 2.05) is 6.92 Å². The Morgan fingerprint density at radius 2 is 2.18 bits per heavy atom. The lowest BCUT2D eigenvalue weighted by molar-refractivity contribution is -0.119. The van der Waals surface area contributed by atoms with Gasteiger partial charge in [-0.1, -0.05) is 0 Å². The predicted octanol–water partition coefficient (Wildman–Crippen LogP) is 1.80. The summed E-state index contributed by atoms with van der Waals surface area (Å²) in [5, 5.41) is 0. The normalized spacial score (nSPS) is 21.9. The van der Waals surface area contributed by atoms with E-state index in [0.717, 1.165) is 11.3 Å². The van der Waals surface area contributed by atoms with Crippen LogP contribution in [0.1, 0.15) is 24.6 Å². The molecule has 0 amide bonds. The zero-order valence-corrected chi connectivity index (χ0v) is 11.5. The molecule has 1 saturated heterocycles. The fraction of sp³-hybridized carbons (Fsp3) is 0.545. The quantitative estimate of drug-likeness (QED) is 0.844. The van der Waals surface area contributed by atoms with Crippen LogP contribution in [0.4, 0.5) is 0 Å². The van der Waals surface area contributed by atoms with Gasteiger partial charge < -0.3 is 0 Å². The number of thiophene rings is 1. The minimum atomic E-state index is -3.48. The zero-order valence-electron chi connectivity index (χ0n) is 9.84. The number of carbonyl (C=O) groups is 1. The average molecular weight is 273 g/mol. The summed E-state index contributed by atoms with van der Waals surface area (Å²) in [6.45, 7) is 3.78. The van der Waals surface area contributed by atoms with Crippen LogP contribution in [0.25, 0.3) is 0 Å². The van der Waals surface area contributed by atoms with Crippen molar-refractivity contribution in [2.75, 3.05) is 6.54 Å². The highest BCUT2D eigenvalue weighted by atomic mass is 32.2. The van der Waals surface area contributed by atoms with Gasteiger partial charge in [0.1, 0.15) is 9.99 Å². The third-order valence-electron chi connectivity index (χ3n) is 2.95. The Balaban J connectivity index is 2.36. The zero-order chi connectivity index (χ0) is 12.6. The van der Waals surface area contributed by atoms with Crippen LogP contribution in [0.3, 0.4) is 0 Å². The summed E-state index contributed by atoms with van der Waals surface area (Å²) in [4.78, 5) is 12.4. The summed E-state index contributed by atoms with van der Waals surface area (Å²) in [6, 6.07) is 2.93. The molecule has 1 unspecified atom stereocenters. The third-order valence-corrected chi connectivity index (χ3v) is 6.33. The van der Waals surface area contributed by atoms with E-state index >= 15 is 0 Å². The Hall–Kier alpha value is -0.720. The molecule has 0 saturated carbocycles. The summed E-state index contributed by atoms with van der Waals surface area (Å²) in [7, 11) is -3.48. The van der Waals surface area contributed by atoms with Gasteiger partial charge in [-0.2, -0.15) is 4.31 Å². The van der Waals surface area contributed by atoms with Crippen LogP contribution < -0.4 is 0 Å². The molecule has 6 heteroatoms. The SMILES string of the molecule is CC(=O)C1CCCN1S(=O)(=O)c1ccc(C)s1. The van der Waals surface area contributed by atoms with Crippen molar-refractivity contribution in [1.29, 1.82) is 0 Å². The van der Waals surface area contributed by atoms with E-state index in [1.165, 1.54) is 22.6 Å². The number of nitrogens with zero attached hydrogens (tertiary/aromatic N) is 1. The van der Waals surface area contributed by atoms with Gasteiger partial charge in [0.2, 0.25) is 0 Å². The Morgan fingerprint density at radius 1 is 1.47 bits per heavy atom. The van der Waals surface area contributed by atoms with Gasteiger partial charge in [-0.05, 0) is 38.8 Å². The van der Waals surface area contributed by atoms with E-state index in [2.05, 4.69) is 0 Å². The van der Waals surface area contributed by atoms with Crippen molar-refractivity contribution in [3.63, 3.8) is 0 Å². The highest BCUT2D eigenvalue weighted by Gasteiger charge is 2.38. The van der Waals surface area contributed by atoms with Gasteiger partial charge in [-0.3, -0.25) is 4.79 Å². The molecule has 0 N–H and O–H groups in total. The van der Waals surface area contributed by atoms with Crippen LogP contribution >= 0.6 is 11.3 Å². The Morgan fingerprint density at radius 3 is 2.71 bits per heavy atom. The number of hydrogen-bond donors (Lipinski definition) is 0. The van der Waals surface area contributed by atoms with E-state index in [1.54, 1.807) is 12.1 Å². The van der Waals surface area contributed by atoms with Crippen molar-refractivity contribution in [1.82, 2.24) is 4.31 Å². The third kappa shape index (κ3) is 2.29. The molecule has 17 heavy (non-hydrogen) atoms. The maximum atomic E-state index is 12.3. The van der Waals surface area contributed by atoms with Crippen molar-refractivity contribution in [3.8, 4) is 0 Å². The van der Waals surface area contributed by atoms with Crippen molar-refractivity contribution >= 4 is 27.1 Å². The van der Waals surface area contributed by atoms with E-state index in [0.29, 0.717) is 17.2 Å². The predicted molar refractivity (Wildman–Crippen MR) is 66.7 cm³/mol. The van der Waals surface area contributed by atoms with E-state index in [-0.39, 0.29) is 5.78 Å². The van der Waals surface area contributed by atoms with Gasteiger partial charge >= 0.3 is 0 Å².